The summed E-state index contributed by atoms with van der Waals surface area (Å²) in [6, 6.07) is 11.3. The van der Waals surface area contributed by atoms with Gasteiger partial charge in [-0.2, -0.15) is 0 Å². The fraction of sp³-hybridized carbons (Fsp3) is 0.0667. The van der Waals surface area contributed by atoms with Crippen LogP contribution in [-0.2, 0) is 4.79 Å². The molecule has 1 amide bonds. The number of carbonyl (C=O) groups is 1. The zero-order valence-electron chi connectivity index (χ0n) is 10.4. The maximum atomic E-state index is 13.5. The van der Waals surface area contributed by atoms with Gasteiger partial charge < -0.3 is 5.32 Å². The monoisotopic (exact) mass is 288 g/mol. The predicted molar refractivity (Wildman–Crippen MR) is 77.0 cm³/mol. The Bertz CT molecular complexity index is 710. The van der Waals surface area contributed by atoms with Gasteiger partial charge in [0.1, 0.15) is 12.4 Å². The van der Waals surface area contributed by atoms with Crippen molar-refractivity contribution in [2.45, 2.75) is 0 Å². The quantitative estimate of drug-likeness (QED) is 0.860. The van der Waals surface area contributed by atoms with Crippen molar-refractivity contribution in [2.24, 2.45) is 4.99 Å². The fourth-order valence-electron chi connectivity index (χ4n) is 2.10. The standard InChI is InChI=1S/C15H10ClFN2O/c16-10-3-1-9(2-4-10)15-12-7-11(17)5-6-13(12)19-14(20)8-18-15/h1-7H,8H2,(H,19,20). The Balaban J connectivity index is 2.17. The molecule has 1 aliphatic heterocycles. The minimum absolute atomic E-state index is 0.00819. The van der Waals surface area contributed by atoms with Gasteiger partial charge in [-0.1, -0.05) is 23.7 Å². The van der Waals surface area contributed by atoms with Crippen molar-refractivity contribution in [3.63, 3.8) is 0 Å². The number of carbonyl (C=O) groups excluding carboxylic acids is 1. The van der Waals surface area contributed by atoms with Gasteiger partial charge in [0.25, 0.3) is 0 Å². The van der Waals surface area contributed by atoms with Gasteiger partial charge in [-0.05, 0) is 30.3 Å². The lowest BCUT2D eigenvalue weighted by Gasteiger charge is -2.10. The van der Waals surface area contributed by atoms with Crippen LogP contribution < -0.4 is 5.32 Å². The SMILES string of the molecule is O=C1CN=C(c2ccc(Cl)cc2)c2cc(F)ccc2N1. The highest BCUT2D eigenvalue weighted by Crippen LogP contribution is 2.24. The van der Waals surface area contributed by atoms with Crippen molar-refractivity contribution in [1.82, 2.24) is 0 Å². The third-order valence-corrected chi connectivity index (χ3v) is 3.26. The molecular weight excluding hydrogens is 279 g/mol. The Morgan fingerprint density at radius 3 is 2.65 bits per heavy atom. The highest BCUT2D eigenvalue weighted by molar-refractivity contribution is 6.30. The molecule has 2 aromatic carbocycles. The van der Waals surface area contributed by atoms with Crippen LogP contribution in [0.3, 0.4) is 0 Å². The van der Waals surface area contributed by atoms with Gasteiger partial charge in [-0.3, -0.25) is 9.79 Å². The molecule has 0 fully saturated rings. The summed E-state index contributed by atoms with van der Waals surface area (Å²) >= 11 is 5.87. The summed E-state index contributed by atoms with van der Waals surface area (Å²) in [5.41, 5.74) is 2.49. The first-order valence-corrected chi connectivity index (χ1v) is 6.41. The molecule has 1 aliphatic rings. The number of nitrogens with one attached hydrogen (secondary N) is 1. The van der Waals surface area contributed by atoms with Crippen molar-refractivity contribution >= 4 is 28.9 Å². The van der Waals surface area contributed by atoms with E-state index in [0.717, 1.165) is 5.56 Å². The molecule has 0 aliphatic carbocycles. The molecule has 3 nitrogen and oxygen atoms in total. The van der Waals surface area contributed by atoms with Gasteiger partial charge >= 0.3 is 0 Å². The predicted octanol–water partition coefficient (Wildman–Crippen LogP) is 3.27. The van der Waals surface area contributed by atoms with Crippen LogP contribution in [0.4, 0.5) is 10.1 Å². The smallest absolute Gasteiger partial charge is 0.246 e. The Morgan fingerprint density at radius 2 is 1.90 bits per heavy atom. The number of halogens is 2. The number of benzene rings is 2. The first-order chi connectivity index (χ1) is 9.63. The van der Waals surface area contributed by atoms with Crippen LogP contribution in [0.1, 0.15) is 11.1 Å². The summed E-state index contributed by atoms with van der Waals surface area (Å²) in [6.07, 6.45) is 0. The molecule has 0 saturated carbocycles. The van der Waals surface area contributed by atoms with E-state index < -0.39 is 0 Å². The summed E-state index contributed by atoms with van der Waals surface area (Å²) in [5, 5.41) is 3.32. The highest BCUT2D eigenvalue weighted by atomic mass is 35.5. The van der Waals surface area contributed by atoms with Crippen LogP contribution in [0, 0.1) is 5.82 Å². The zero-order chi connectivity index (χ0) is 14.1. The minimum atomic E-state index is -0.374. The van der Waals surface area contributed by atoms with Crippen molar-refractivity contribution < 1.29 is 9.18 Å². The lowest BCUT2D eigenvalue weighted by Crippen LogP contribution is -2.13. The number of amides is 1. The molecule has 0 spiro atoms. The fourth-order valence-corrected chi connectivity index (χ4v) is 2.23. The highest BCUT2D eigenvalue weighted by Gasteiger charge is 2.18. The van der Waals surface area contributed by atoms with E-state index >= 15 is 0 Å². The van der Waals surface area contributed by atoms with E-state index in [2.05, 4.69) is 10.3 Å². The van der Waals surface area contributed by atoms with Crippen LogP contribution >= 0.6 is 11.6 Å². The molecule has 100 valence electrons. The van der Waals surface area contributed by atoms with Crippen molar-refractivity contribution in [2.75, 3.05) is 11.9 Å². The van der Waals surface area contributed by atoms with Crippen LogP contribution in [0.15, 0.2) is 47.5 Å². The Labute approximate surface area is 120 Å². The first-order valence-electron chi connectivity index (χ1n) is 6.03. The normalized spacial score (nSPS) is 14.1. The molecule has 0 unspecified atom stereocenters. The van der Waals surface area contributed by atoms with E-state index in [0.29, 0.717) is 22.0 Å². The molecule has 1 heterocycles. The molecule has 1 N–H and O–H groups in total. The molecule has 0 bridgehead atoms. The second kappa shape index (κ2) is 5.06. The number of nitrogens with zero attached hydrogens (tertiary/aromatic N) is 1. The Hall–Kier alpha value is -2.20. The van der Waals surface area contributed by atoms with Crippen LogP contribution in [0.5, 0.6) is 0 Å². The molecule has 3 rings (SSSR count). The van der Waals surface area contributed by atoms with Gasteiger partial charge in [0.15, 0.2) is 0 Å². The zero-order valence-corrected chi connectivity index (χ0v) is 11.1. The van der Waals surface area contributed by atoms with Crippen LogP contribution in [0.25, 0.3) is 0 Å². The molecule has 20 heavy (non-hydrogen) atoms. The van der Waals surface area contributed by atoms with Crippen LogP contribution in [-0.4, -0.2) is 18.2 Å². The second-order valence-corrected chi connectivity index (χ2v) is 4.85. The number of hydrogen-bond donors (Lipinski definition) is 1. The molecule has 0 radical (unpaired) electrons. The first kappa shape index (κ1) is 12.8. The van der Waals surface area contributed by atoms with Crippen LogP contribution in [0.2, 0.25) is 5.02 Å². The number of benzodiazepines with no additional fused rings is 1. The summed E-state index contributed by atoms with van der Waals surface area (Å²) < 4.78 is 13.5. The molecule has 5 heteroatoms. The van der Waals surface area contributed by atoms with Gasteiger partial charge in [0, 0.05) is 16.1 Å². The summed E-state index contributed by atoms with van der Waals surface area (Å²) in [7, 11) is 0. The molecule has 0 atom stereocenters. The summed E-state index contributed by atoms with van der Waals surface area (Å²) in [4.78, 5) is 15.9. The summed E-state index contributed by atoms with van der Waals surface area (Å²) in [6.45, 7) is 0.00819. The third kappa shape index (κ3) is 2.42. The van der Waals surface area contributed by atoms with Gasteiger partial charge in [-0.25, -0.2) is 4.39 Å². The maximum absolute atomic E-state index is 13.5. The number of rotatable bonds is 1. The Morgan fingerprint density at radius 1 is 1.15 bits per heavy atom. The van der Waals surface area contributed by atoms with Crippen molar-refractivity contribution in [1.29, 1.82) is 0 Å². The van der Waals surface area contributed by atoms with Gasteiger partial charge in [0.2, 0.25) is 5.91 Å². The van der Waals surface area contributed by atoms with Crippen molar-refractivity contribution in [3.8, 4) is 0 Å². The largest absolute Gasteiger partial charge is 0.324 e. The maximum Gasteiger partial charge on any atom is 0.246 e. The van der Waals surface area contributed by atoms with Gasteiger partial charge in [0.05, 0.1) is 11.4 Å². The Kier molecular flexibility index (Phi) is 3.24. The molecule has 0 saturated heterocycles. The lowest BCUT2D eigenvalue weighted by molar-refractivity contribution is -0.114. The minimum Gasteiger partial charge on any atom is -0.324 e. The van der Waals surface area contributed by atoms with E-state index in [-0.39, 0.29) is 18.3 Å². The third-order valence-electron chi connectivity index (χ3n) is 3.01. The molecule has 0 aromatic heterocycles. The number of anilines is 1. The molecule has 2 aromatic rings. The number of fused-ring (bicyclic) bond motifs is 1. The lowest BCUT2D eigenvalue weighted by atomic mass is 10.0. The van der Waals surface area contributed by atoms with E-state index in [4.69, 9.17) is 11.6 Å². The van der Waals surface area contributed by atoms with E-state index in [1.165, 1.54) is 12.1 Å². The topological polar surface area (TPSA) is 41.5 Å². The number of aliphatic imine (C=N–C) groups is 1. The molecular formula is C15H10ClFN2O. The van der Waals surface area contributed by atoms with E-state index in [9.17, 15) is 9.18 Å². The second-order valence-electron chi connectivity index (χ2n) is 4.41. The van der Waals surface area contributed by atoms with Crippen molar-refractivity contribution in [3.05, 3.63) is 64.4 Å². The average Bonchev–Trinajstić information content (AvgIpc) is 2.58. The van der Waals surface area contributed by atoms with E-state index in [1.54, 1.807) is 30.3 Å². The average molecular weight is 289 g/mol. The summed E-state index contributed by atoms with van der Waals surface area (Å²) in [5.74, 6) is -0.594. The van der Waals surface area contributed by atoms with Gasteiger partial charge in [-0.15, -0.1) is 0 Å². The van der Waals surface area contributed by atoms with E-state index in [1.807, 2.05) is 0 Å². The number of hydrogen-bond acceptors (Lipinski definition) is 2.